The van der Waals surface area contributed by atoms with E-state index in [2.05, 4.69) is 10.6 Å². The summed E-state index contributed by atoms with van der Waals surface area (Å²) in [5.41, 5.74) is 0.996. The maximum atomic E-state index is 12.6. The van der Waals surface area contributed by atoms with Gasteiger partial charge < -0.3 is 34.3 Å². The van der Waals surface area contributed by atoms with E-state index >= 15 is 0 Å². The van der Waals surface area contributed by atoms with Gasteiger partial charge in [0.2, 0.25) is 0 Å². The zero-order valence-corrected chi connectivity index (χ0v) is 21.3. The molecule has 12 heteroatoms. The summed E-state index contributed by atoms with van der Waals surface area (Å²) in [6, 6.07) is 2.98. The van der Waals surface area contributed by atoms with Crippen LogP contribution in [0.1, 0.15) is 49.8 Å². The van der Waals surface area contributed by atoms with Gasteiger partial charge in [0.05, 0.1) is 51.4 Å². The van der Waals surface area contributed by atoms with E-state index in [-0.39, 0.29) is 45.0 Å². The van der Waals surface area contributed by atoms with Crippen molar-refractivity contribution < 1.29 is 38.1 Å². The second-order valence-corrected chi connectivity index (χ2v) is 7.95. The summed E-state index contributed by atoms with van der Waals surface area (Å²) in [7, 11) is 4.14. The second-order valence-electron chi connectivity index (χ2n) is 6.52. The number of nitrogens with one attached hydrogen (secondary N) is 2. The van der Waals surface area contributed by atoms with Gasteiger partial charge in [0.15, 0.2) is 16.6 Å². The van der Waals surface area contributed by atoms with Gasteiger partial charge in [-0.2, -0.15) is 0 Å². The molecular weight excluding hydrogens is 484 g/mol. The SMILES string of the molecule is CCOC(=O)c1sc(NC(=S)Nc2cc(OC)c(OC)cc2C(=O)OC)c(C(=O)OCC)c1C. The summed E-state index contributed by atoms with van der Waals surface area (Å²) >= 11 is 6.42. The predicted octanol–water partition coefficient (Wildman–Crippen LogP) is 4.02. The van der Waals surface area contributed by atoms with E-state index in [4.69, 9.17) is 35.9 Å². The van der Waals surface area contributed by atoms with Gasteiger partial charge in [-0.05, 0) is 38.6 Å². The van der Waals surface area contributed by atoms with Crippen molar-refractivity contribution in [3.63, 3.8) is 0 Å². The fourth-order valence-corrected chi connectivity index (χ4v) is 4.33. The van der Waals surface area contributed by atoms with Crippen LogP contribution in [-0.4, -0.2) is 57.6 Å². The van der Waals surface area contributed by atoms with Crippen molar-refractivity contribution in [3.8, 4) is 11.5 Å². The maximum Gasteiger partial charge on any atom is 0.348 e. The van der Waals surface area contributed by atoms with Crippen molar-refractivity contribution in [2.75, 3.05) is 45.2 Å². The lowest BCUT2D eigenvalue weighted by molar-refractivity contribution is 0.0526. The van der Waals surface area contributed by atoms with E-state index in [1.807, 2.05) is 0 Å². The molecule has 1 aromatic carbocycles. The molecule has 0 amide bonds. The van der Waals surface area contributed by atoms with Gasteiger partial charge in [0.25, 0.3) is 0 Å². The van der Waals surface area contributed by atoms with E-state index < -0.39 is 17.9 Å². The molecule has 10 nitrogen and oxygen atoms in total. The summed E-state index contributed by atoms with van der Waals surface area (Å²) < 4.78 is 25.6. The second kappa shape index (κ2) is 12.2. The number of carbonyl (C=O) groups excluding carboxylic acids is 3. The Morgan fingerprint density at radius 2 is 1.50 bits per heavy atom. The lowest BCUT2D eigenvalue weighted by Crippen LogP contribution is -2.22. The lowest BCUT2D eigenvalue weighted by Gasteiger charge is -2.16. The topological polar surface area (TPSA) is 121 Å². The Balaban J connectivity index is 2.44. The number of hydrogen-bond donors (Lipinski definition) is 2. The Kier molecular flexibility index (Phi) is 9.63. The number of benzene rings is 1. The molecule has 0 saturated heterocycles. The van der Waals surface area contributed by atoms with E-state index in [0.29, 0.717) is 17.1 Å². The van der Waals surface area contributed by atoms with Crippen LogP contribution in [0, 0.1) is 6.92 Å². The Morgan fingerprint density at radius 1 is 0.912 bits per heavy atom. The number of ether oxygens (including phenoxy) is 5. The first-order valence-electron chi connectivity index (χ1n) is 10.1. The standard InChI is InChI=1S/C22H26N2O8S2/c1-7-31-20(26)16-11(3)17(21(27)32-8-2)34-18(16)24-22(33)23-13-10-15(29-5)14(28-4)9-12(13)19(25)30-6/h9-10H,7-8H2,1-6H3,(H2,23,24,33). The molecule has 0 aliphatic heterocycles. The van der Waals surface area contributed by atoms with Gasteiger partial charge in [-0.1, -0.05) is 0 Å². The minimum Gasteiger partial charge on any atom is -0.493 e. The third-order valence-corrected chi connectivity index (χ3v) is 5.88. The number of methoxy groups -OCH3 is 3. The first-order valence-corrected chi connectivity index (χ1v) is 11.3. The summed E-state index contributed by atoms with van der Waals surface area (Å²) in [6.07, 6.45) is 0. The van der Waals surface area contributed by atoms with Gasteiger partial charge in [-0.15, -0.1) is 11.3 Å². The van der Waals surface area contributed by atoms with Gasteiger partial charge in [0.1, 0.15) is 9.88 Å². The maximum absolute atomic E-state index is 12.6. The van der Waals surface area contributed by atoms with Crippen LogP contribution < -0.4 is 20.1 Å². The van der Waals surface area contributed by atoms with Crippen LogP contribution in [0.2, 0.25) is 0 Å². The van der Waals surface area contributed by atoms with E-state index in [1.165, 1.54) is 33.5 Å². The largest absolute Gasteiger partial charge is 0.493 e. The van der Waals surface area contributed by atoms with Crippen molar-refractivity contribution in [1.29, 1.82) is 0 Å². The van der Waals surface area contributed by atoms with Crippen LogP contribution in [-0.2, 0) is 14.2 Å². The Hall–Kier alpha value is -3.38. The molecule has 2 N–H and O–H groups in total. The molecule has 0 aliphatic carbocycles. The molecule has 0 unspecified atom stereocenters. The molecule has 1 aromatic heterocycles. The molecular formula is C22H26N2O8S2. The minimum atomic E-state index is -0.630. The Bertz CT molecular complexity index is 1100. The van der Waals surface area contributed by atoms with Crippen molar-refractivity contribution in [3.05, 3.63) is 33.7 Å². The molecule has 0 bridgehead atoms. The molecule has 0 radical (unpaired) electrons. The summed E-state index contributed by atoms with van der Waals surface area (Å²) in [6.45, 7) is 5.33. The third-order valence-electron chi connectivity index (χ3n) is 4.49. The molecule has 0 fully saturated rings. The van der Waals surface area contributed by atoms with Gasteiger partial charge >= 0.3 is 17.9 Å². The quantitative estimate of drug-likeness (QED) is 0.289. The highest BCUT2D eigenvalue weighted by molar-refractivity contribution is 7.80. The first kappa shape index (κ1) is 26.9. The highest BCUT2D eigenvalue weighted by Gasteiger charge is 2.27. The highest BCUT2D eigenvalue weighted by Crippen LogP contribution is 2.36. The number of esters is 3. The number of thiophene rings is 1. The summed E-state index contributed by atoms with van der Waals surface area (Å²) in [5, 5.41) is 6.15. The van der Waals surface area contributed by atoms with Gasteiger partial charge in [-0.25, -0.2) is 14.4 Å². The molecule has 0 spiro atoms. The van der Waals surface area contributed by atoms with Crippen LogP contribution in [0.25, 0.3) is 0 Å². The van der Waals surface area contributed by atoms with Gasteiger partial charge in [0, 0.05) is 12.1 Å². The Labute approximate surface area is 206 Å². The third kappa shape index (κ3) is 5.94. The van der Waals surface area contributed by atoms with Gasteiger partial charge in [-0.3, -0.25) is 0 Å². The van der Waals surface area contributed by atoms with Crippen LogP contribution >= 0.6 is 23.6 Å². The number of rotatable bonds is 9. The fourth-order valence-electron chi connectivity index (χ4n) is 2.96. The van der Waals surface area contributed by atoms with Crippen molar-refractivity contribution >= 4 is 57.3 Å². The number of carbonyl (C=O) groups is 3. The molecule has 184 valence electrons. The molecule has 0 atom stereocenters. The summed E-state index contributed by atoms with van der Waals surface area (Å²) in [4.78, 5) is 37.5. The molecule has 34 heavy (non-hydrogen) atoms. The lowest BCUT2D eigenvalue weighted by atomic mass is 10.1. The minimum absolute atomic E-state index is 0.0413. The highest BCUT2D eigenvalue weighted by atomic mass is 32.1. The molecule has 1 heterocycles. The average Bonchev–Trinajstić information content (AvgIpc) is 3.13. The van der Waals surface area contributed by atoms with Crippen molar-refractivity contribution in [2.45, 2.75) is 20.8 Å². The van der Waals surface area contributed by atoms with Crippen LogP contribution in [0.4, 0.5) is 10.7 Å². The molecule has 0 aliphatic rings. The fraction of sp³-hybridized carbons (Fsp3) is 0.364. The molecule has 2 aromatic rings. The van der Waals surface area contributed by atoms with Crippen molar-refractivity contribution in [1.82, 2.24) is 0 Å². The van der Waals surface area contributed by atoms with Crippen LogP contribution in [0.5, 0.6) is 11.5 Å². The summed E-state index contributed by atoms with van der Waals surface area (Å²) in [5.74, 6) is -1.13. The van der Waals surface area contributed by atoms with E-state index in [0.717, 1.165) is 11.3 Å². The first-order chi connectivity index (χ1) is 16.2. The molecule has 0 saturated carbocycles. The van der Waals surface area contributed by atoms with Crippen LogP contribution in [0.3, 0.4) is 0 Å². The Morgan fingerprint density at radius 3 is 2.06 bits per heavy atom. The van der Waals surface area contributed by atoms with E-state index in [1.54, 1.807) is 20.8 Å². The number of hydrogen-bond acceptors (Lipinski definition) is 10. The monoisotopic (exact) mass is 510 g/mol. The zero-order valence-electron chi connectivity index (χ0n) is 19.7. The molecule has 2 rings (SSSR count). The zero-order chi connectivity index (χ0) is 25.4. The van der Waals surface area contributed by atoms with Crippen molar-refractivity contribution in [2.24, 2.45) is 0 Å². The average molecular weight is 511 g/mol. The predicted molar refractivity (Wildman–Crippen MR) is 132 cm³/mol. The smallest absolute Gasteiger partial charge is 0.348 e. The normalized spacial score (nSPS) is 10.2. The van der Waals surface area contributed by atoms with Crippen LogP contribution in [0.15, 0.2) is 12.1 Å². The van der Waals surface area contributed by atoms with E-state index in [9.17, 15) is 14.4 Å². The number of thiocarbonyl (C=S) groups is 1. The number of anilines is 2.